The van der Waals surface area contributed by atoms with Crippen LogP contribution in [0.15, 0.2) is 39.5 Å². The topological polar surface area (TPSA) is 139 Å². The van der Waals surface area contributed by atoms with E-state index in [9.17, 15) is 14.5 Å². The second-order valence-electron chi connectivity index (χ2n) is 6.70. The number of morpholine rings is 1. The monoisotopic (exact) mass is 437 g/mol. The third kappa shape index (κ3) is 4.43. The van der Waals surface area contributed by atoms with Gasteiger partial charge in [0.15, 0.2) is 0 Å². The molecular formula is C19H20NO9P. The van der Waals surface area contributed by atoms with Crippen molar-refractivity contribution in [3.05, 3.63) is 40.6 Å². The number of phenolic OH excluding ortho intramolecular Hbond substituents is 1. The van der Waals surface area contributed by atoms with Crippen molar-refractivity contribution in [2.24, 2.45) is 0 Å². The molecule has 10 nitrogen and oxygen atoms in total. The van der Waals surface area contributed by atoms with Gasteiger partial charge < -0.3 is 33.7 Å². The number of aromatic hydroxyl groups is 1. The lowest BCUT2D eigenvalue weighted by molar-refractivity contribution is 0.122. The lowest BCUT2D eigenvalue weighted by atomic mass is 10.1. The molecular weight excluding hydrogens is 417 g/mol. The number of hydrogen-bond donors (Lipinski definition) is 3. The molecule has 1 saturated heterocycles. The van der Waals surface area contributed by atoms with Gasteiger partial charge in [0.2, 0.25) is 5.43 Å². The highest BCUT2D eigenvalue weighted by atomic mass is 31.2. The van der Waals surface area contributed by atoms with Crippen LogP contribution in [0, 0.1) is 0 Å². The molecule has 0 unspecified atom stereocenters. The van der Waals surface area contributed by atoms with Crippen molar-refractivity contribution in [1.82, 2.24) is 0 Å². The SMILES string of the molecule is O=c1c2ccc(OCCOP(=O)(O)O)cc2oc2cc(N3CCOCC3)cc(O)c12. The third-order valence-corrected chi connectivity index (χ3v) is 5.22. The van der Waals surface area contributed by atoms with Gasteiger partial charge in [-0.1, -0.05) is 0 Å². The minimum atomic E-state index is -4.56. The zero-order valence-corrected chi connectivity index (χ0v) is 16.7. The maximum absolute atomic E-state index is 12.9. The second kappa shape index (κ2) is 8.25. The van der Waals surface area contributed by atoms with Crippen molar-refractivity contribution in [2.45, 2.75) is 0 Å². The van der Waals surface area contributed by atoms with E-state index in [-0.39, 0.29) is 46.3 Å². The molecule has 2 heterocycles. The molecule has 0 amide bonds. The minimum absolute atomic E-state index is 0.100. The van der Waals surface area contributed by atoms with Crippen LogP contribution in [0.4, 0.5) is 5.69 Å². The van der Waals surface area contributed by atoms with Crippen LogP contribution in [0.2, 0.25) is 0 Å². The van der Waals surface area contributed by atoms with E-state index in [1.54, 1.807) is 12.1 Å². The van der Waals surface area contributed by atoms with Gasteiger partial charge >= 0.3 is 7.82 Å². The van der Waals surface area contributed by atoms with E-state index in [4.69, 9.17) is 23.7 Å². The molecule has 0 aliphatic carbocycles. The lowest BCUT2D eigenvalue weighted by Crippen LogP contribution is -2.36. The van der Waals surface area contributed by atoms with Crippen molar-refractivity contribution in [2.75, 3.05) is 44.4 Å². The summed E-state index contributed by atoms with van der Waals surface area (Å²) in [6.45, 7) is 2.08. The smallest absolute Gasteiger partial charge is 0.469 e. The van der Waals surface area contributed by atoms with E-state index in [0.717, 1.165) is 5.69 Å². The van der Waals surface area contributed by atoms with Gasteiger partial charge in [-0.3, -0.25) is 9.32 Å². The van der Waals surface area contributed by atoms with E-state index in [1.807, 2.05) is 4.90 Å². The maximum atomic E-state index is 12.9. The largest absolute Gasteiger partial charge is 0.507 e. The summed E-state index contributed by atoms with van der Waals surface area (Å²) in [6.07, 6.45) is 0. The molecule has 30 heavy (non-hydrogen) atoms. The summed E-state index contributed by atoms with van der Waals surface area (Å²) >= 11 is 0. The molecule has 1 aliphatic rings. The van der Waals surface area contributed by atoms with Crippen molar-refractivity contribution in [1.29, 1.82) is 0 Å². The Morgan fingerprint density at radius 2 is 1.83 bits per heavy atom. The van der Waals surface area contributed by atoms with Crippen LogP contribution >= 0.6 is 7.82 Å². The molecule has 1 aromatic heterocycles. The van der Waals surface area contributed by atoms with Crippen LogP contribution in [0.3, 0.4) is 0 Å². The average Bonchev–Trinajstić information content (AvgIpc) is 2.70. The number of rotatable bonds is 6. The highest BCUT2D eigenvalue weighted by Crippen LogP contribution is 2.35. The van der Waals surface area contributed by atoms with E-state index >= 15 is 0 Å². The fourth-order valence-electron chi connectivity index (χ4n) is 3.33. The van der Waals surface area contributed by atoms with E-state index < -0.39 is 7.82 Å². The van der Waals surface area contributed by atoms with Crippen LogP contribution in [0.5, 0.6) is 11.5 Å². The van der Waals surface area contributed by atoms with Gasteiger partial charge in [-0.2, -0.15) is 0 Å². The zero-order chi connectivity index (χ0) is 21.3. The van der Waals surface area contributed by atoms with Crippen LogP contribution in [-0.4, -0.2) is 54.4 Å². The molecule has 0 saturated carbocycles. The second-order valence-corrected chi connectivity index (χ2v) is 7.94. The number of hydrogen-bond acceptors (Lipinski definition) is 8. The first-order valence-corrected chi connectivity index (χ1v) is 10.7. The third-order valence-electron chi connectivity index (χ3n) is 4.70. The van der Waals surface area contributed by atoms with E-state index in [2.05, 4.69) is 4.52 Å². The molecule has 0 radical (unpaired) electrons. The summed E-state index contributed by atoms with van der Waals surface area (Å²) in [5, 5.41) is 10.8. The van der Waals surface area contributed by atoms with Crippen LogP contribution < -0.4 is 15.1 Å². The molecule has 11 heteroatoms. The van der Waals surface area contributed by atoms with Gasteiger partial charge in [-0.05, 0) is 12.1 Å². The first kappa shape index (κ1) is 20.6. The molecule has 3 aromatic rings. The Hall–Kier alpha value is -2.62. The summed E-state index contributed by atoms with van der Waals surface area (Å²) in [6, 6.07) is 7.81. The van der Waals surface area contributed by atoms with Crippen molar-refractivity contribution >= 4 is 35.4 Å². The number of nitrogens with zero attached hydrogens (tertiary/aromatic N) is 1. The van der Waals surface area contributed by atoms with Gasteiger partial charge in [0.25, 0.3) is 0 Å². The fourth-order valence-corrected chi connectivity index (χ4v) is 3.65. The quantitative estimate of drug-likeness (QED) is 0.298. The summed E-state index contributed by atoms with van der Waals surface area (Å²) in [4.78, 5) is 32.3. The number of phenols is 1. The first-order chi connectivity index (χ1) is 14.3. The molecule has 1 fully saturated rings. The molecule has 3 N–H and O–H groups in total. The predicted molar refractivity (Wildman–Crippen MR) is 108 cm³/mol. The van der Waals surface area contributed by atoms with Gasteiger partial charge in [0.1, 0.15) is 34.7 Å². The Morgan fingerprint density at radius 1 is 1.07 bits per heavy atom. The summed E-state index contributed by atoms with van der Waals surface area (Å²) < 4.78 is 31.6. The molecule has 0 spiro atoms. The standard InChI is InChI=1S/C19H20NO9P/c21-15-9-12(20-3-5-26-6-4-20)10-17-18(15)19(22)14-2-1-13(11-16(14)29-17)27-7-8-28-30(23,24)25/h1-2,9-11,21H,3-8H2,(H2,23,24,25). The number of anilines is 1. The Labute approximate surface area is 170 Å². The van der Waals surface area contributed by atoms with Crippen LogP contribution in [0.25, 0.3) is 21.9 Å². The number of ether oxygens (including phenoxy) is 2. The highest BCUT2D eigenvalue weighted by molar-refractivity contribution is 7.46. The Bertz CT molecular complexity index is 1180. The molecule has 4 rings (SSSR count). The minimum Gasteiger partial charge on any atom is -0.507 e. The van der Waals surface area contributed by atoms with Gasteiger partial charge in [0, 0.05) is 37.0 Å². The molecule has 0 atom stereocenters. The average molecular weight is 437 g/mol. The molecule has 160 valence electrons. The van der Waals surface area contributed by atoms with Gasteiger partial charge in [-0.15, -0.1) is 0 Å². The lowest BCUT2D eigenvalue weighted by Gasteiger charge is -2.29. The molecule has 0 bridgehead atoms. The Kier molecular flexibility index (Phi) is 5.68. The predicted octanol–water partition coefficient (Wildman–Crippen LogP) is 1.98. The van der Waals surface area contributed by atoms with Gasteiger partial charge in [0.05, 0.1) is 25.2 Å². The van der Waals surface area contributed by atoms with Crippen molar-refractivity contribution in [3.8, 4) is 11.5 Å². The van der Waals surface area contributed by atoms with E-state index in [0.29, 0.717) is 32.1 Å². The molecule has 2 aromatic carbocycles. The summed E-state index contributed by atoms with van der Waals surface area (Å²) in [7, 11) is -4.56. The normalized spacial score (nSPS) is 15.1. The van der Waals surface area contributed by atoms with Crippen LogP contribution in [-0.2, 0) is 13.8 Å². The summed E-state index contributed by atoms with van der Waals surface area (Å²) in [5.74, 6) is 0.187. The Balaban J connectivity index is 1.66. The first-order valence-electron chi connectivity index (χ1n) is 9.21. The van der Waals surface area contributed by atoms with Crippen molar-refractivity contribution in [3.63, 3.8) is 0 Å². The number of phosphoric ester groups is 1. The number of phosphoric acid groups is 1. The van der Waals surface area contributed by atoms with Crippen molar-refractivity contribution < 1.29 is 37.9 Å². The molecule has 1 aliphatic heterocycles. The summed E-state index contributed by atoms with van der Waals surface area (Å²) in [5.41, 5.74) is 0.872. The Morgan fingerprint density at radius 3 is 2.57 bits per heavy atom. The fraction of sp³-hybridized carbons (Fsp3) is 0.316. The number of fused-ring (bicyclic) bond motifs is 2. The zero-order valence-electron chi connectivity index (χ0n) is 15.8. The number of benzene rings is 2. The highest BCUT2D eigenvalue weighted by Gasteiger charge is 2.18. The van der Waals surface area contributed by atoms with Gasteiger partial charge in [-0.25, -0.2) is 4.57 Å². The van der Waals surface area contributed by atoms with E-state index in [1.165, 1.54) is 18.2 Å². The maximum Gasteiger partial charge on any atom is 0.469 e. The van der Waals surface area contributed by atoms with Crippen LogP contribution in [0.1, 0.15) is 0 Å².